The van der Waals surface area contributed by atoms with E-state index in [1.807, 2.05) is 12.3 Å². The Bertz CT molecular complexity index is 3650. The number of hydrogen-bond acceptors (Lipinski definition) is 2. The summed E-state index contributed by atoms with van der Waals surface area (Å²) in [6.07, 6.45) is 4.92. The standard InChI is InChI=1S/C56H37N4S.W/c1-3-13-37(14-4-1)24-29-49(38-15-5-2-6-16-38)58-60-52-22-10-8-19-44(52)46-28-25-42(35-53(46)60)40-18-11-17-39(33-40)41-26-30-51-47(34-41)45-20-7-9-21-50(45)59(51)43-27-31-54-48(36-43)56-55(61-54)23-12-32-57-56;/h1-23,25-36H,24H2;/q-1;/b49-29-;. The fraction of sp³-hybridized carbons (Fsp3) is 0.0179. The molecule has 0 unspecified atom stereocenters. The van der Waals surface area contributed by atoms with Gasteiger partial charge in [-0.2, -0.15) is 0 Å². The van der Waals surface area contributed by atoms with Crippen molar-refractivity contribution in [3.63, 3.8) is 0 Å². The van der Waals surface area contributed by atoms with Crippen molar-refractivity contribution < 1.29 is 21.1 Å². The molecule has 0 aliphatic carbocycles. The van der Waals surface area contributed by atoms with Gasteiger partial charge < -0.3 is 14.7 Å². The predicted octanol–water partition coefficient (Wildman–Crippen LogP) is 15.4. The van der Waals surface area contributed by atoms with Crippen molar-refractivity contribution >= 4 is 80.9 Å². The molecule has 4 aromatic heterocycles. The Balaban J connectivity index is 0.00000432. The third kappa shape index (κ3) is 6.53. The first-order valence-electron chi connectivity index (χ1n) is 20.7. The largest absolute Gasteiger partial charge is 0.590 e. The molecule has 6 heteroatoms. The summed E-state index contributed by atoms with van der Waals surface area (Å²) in [6, 6.07) is 72.1. The summed E-state index contributed by atoms with van der Waals surface area (Å²) in [5.74, 6) is 0. The van der Waals surface area contributed by atoms with Gasteiger partial charge in [-0.15, -0.1) is 17.0 Å². The number of fused-ring (bicyclic) bond motifs is 9. The first-order chi connectivity index (χ1) is 30.2. The van der Waals surface area contributed by atoms with E-state index in [-0.39, 0.29) is 21.1 Å². The smallest absolute Gasteiger partial charge is 0.0889 e. The molecule has 294 valence electrons. The summed E-state index contributed by atoms with van der Waals surface area (Å²) in [5.41, 5.74) is 20.1. The van der Waals surface area contributed by atoms with Crippen LogP contribution >= 0.6 is 11.3 Å². The number of rotatable bonds is 8. The summed E-state index contributed by atoms with van der Waals surface area (Å²) in [5, 5.41) is 6.03. The van der Waals surface area contributed by atoms with Crippen LogP contribution in [0, 0.1) is 0 Å². The molecule has 8 aromatic carbocycles. The maximum atomic E-state index is 5.44. The Hall–Kier alpha value is -7.04. The van der Waals surface area contributed by atoms with Crippen molar-refractivity contribution in [2.75, 3.05) is 0 Å². The average molecular weight is 982 g/mol. The van der Waals surface area contributed by atoms with Gasteiger partial charge in [-0.05, 0) is 107 Å². The first kappa shape index (κ1) is 37.9. The Kier molecular flexibility index (Phi) is 9.65. The van der Waals surface area contributed by atoms with Gasteiger partial charge in [-0.1, -0.05) is 140 Å². The van der Waals surface area contributed by atoms with Crippen LogP contribution in [0.4, 0.5) is 0 Å². The van der Waals surface area contributed by atoms with Crippen LogP contribution in [0.25, 0.3) is 103 Å². The van der Waals surface area contributed by atoms with Gasteiger partial charge in [0, 0.05) is 75.6 Å². The minimum atomic E-state index is 0. The van der Waals surface area contributed by atoms with Gasteiger partial charge in [0.2, 0.25) is 0 Å². The molecule has 0 amide bonds. The molecule has 12 aromatic rings. The number of para-hydroxylation sites is 2. The zero-order valence-corrected chi connectivity index (χ0v) is 37.3. The van der Waals surface area contributed by atoms with Crippen LogP contribution in [0.1, 0.15) is 11.1 Å². The van der Waals surface area contributed by atoms with Gasteiger partial charge in [0.15, 0.2) is 0 Å². The van der Waals surface area contributed by atoms with Crippen LogP contribution in [0.2, 0.25) is 0 Å². The van der Waals surface area contributed by atoms with Crippen molar-refractivity contribution in [2.45, 2.75) is 6.42 Å². The van der Waals surface area contributed by atoms with Gasteiger partial charge in [0.1, 0.15) is 0 Å². The van der Waals surface area contributed by atoms with E-state index in [4.69, 9.17) is 10.4 Å². The van der Waals surface area contributed by atoms with E-state index in [9.17, 15) is 0 Å². The molecule has 12 rings (SSSR count). The van der Waals surface area contributed by atoms with Crippen LogP contribution in [0.15, 0.2) is 212 Å². The SMILES string of the molecule is C(/Cc1ccccc1)=C(/[N-]n1c2ccccc2c2ccc(-c3cccc(-c4ccc5c(c4)c4ccccc4n5-c4ccc5sc6cccnc6c5c4)c3)cc21)c1ccccc1.[W]. The molecule has 4 heterocycles. The van der Waals surface area contributed by atoms with Crippen molar-refractivity contribution in [3.05, 3.63) is 229 Å². The van der Waals surface area contributed by atoms with Crippen LogP contribution in [-0.2, 0) is 27.5 Å². The molecule has 0 saturated heterocycles. The van der Waals surface area contributed by atoms with Crippen molar-refractivity contribution in [3.8, 4) is 27.9 Å². The van der Waals surface area contributed by atoms with E-state index in [2.05, 4.69) is 209 Å². The van der Waals surface area contributed by atoms with Crippen LogP contribution in [0.3, 0.4) is 0 Å². The van der Waals surface area contributed by atoms with Gasteiger partial charge in [-0.25, -0.2) is 0 Å². The van der Waals surface area contributed by atoms with E-state index in [1.165, 1.54) is 64.1 Å². The fourth-order valence-corrected chi connectivity index (χ4v) is 10.1. The molecule has 0 fully saturated rings. The number of allylic oxidation sites excluding steroid dienone is 1. The Morgan fingerprint density at radius 1 is 0.484 bits per heavy atom. The van der Waals surface area contributed by atoms with Crippen LogP contribution < -0.4 is 0 Å². The summed E-state index contributed by atoms with van der Waals surface area (Å²) >= 11 is 1.80. The maximum absolute atomic E-state index is 5.44. The normalized spacial score (nSPS) is 11.9. The summed E-state index contributed by atoms with van der Waals surface area (Å²) < 4.78 is 7.00. The molecule has 62 heavy (non-hydrogen) atoms. The van der Waals surface area contributed by atoms with E-state index in [0.717, 1.165) is 51.0 Å². The number of nitrogens with zero attached hydrogens (tertiary/aromatic N) is 4. The number of hydrogen-bond donors (Lipinski definition) is 0. The topological polar surface area (TPSA) is 36.9 Å². The Morgan fingerprint density at radius 3 is 1.97 bits per heavy atom. The van der Waals surface area contributed by atoms with E-state index < -0.39 is 0 Å². The number of benzene rings is 8. The molecular weight excluding hydrogens is 945 g/mol. The quantitative estimate of drug-likeness (QED) is 0.149. The minimum absolute atomic E-state index is 0. The fourth-order valence-electron chi connectivity index (χ4n) is 9.03. The number of pyridine rings is 1. The summed E-state index contributed by atoms with van der Waals surface area (Å²) in [4.78, 5) is 4.75. The van der Waals surface area contributed by atoms with E-state index in [1.54, 1.807) is 11.3 Å². The first-order valence-corrected chi connectivity index (χ1v) is 21.5. The molecule has 0 aliphatic rings. The maximum Gasteiger partial charge on any atom is 0.0889 e. The molecular formula is C56H37N4SW-. The molecule has 0 saturated carbocycles. The van der Waals surface area contributed by atoms with Crippen LogP contribution in [0.5, 0.6) is 0 Å². The summed E-state index contributed by atoms with van der Waals surface area (Å²) in [7, 11) is 0. The molecule has 0 spiro atoms. The predicted molar refractivity (Wildman–Crippen MR) is 259 cm³/mol. The molecule has 0 N–H and O–H groups in total. The zero-order valence-electron chi connectivity index (χ0n) is 33.5. The van der Waals surface area contributed by atoms with Gasteiger partial charge >= 0.3 is 0 Å². The van der Waals surface area contributed by atoms with E-state index in [0.29, 0.717) is 0 Å². The second-order valence-electron chi connectivity index (χ2n) is 15.6. The van der Waals surface area contributed by atoms with Crippen molar-refractivity contribution in [1.82, 2.24) is 14.2 Å². The second-order valence-corrected chi connectivity index (χ2v) is 16.7. The monoisotopic (exact) mass is 981 g/mol. The van der Waals surface area contributed by atoms with Crippen LogP contribution in [-0.4, -0.2) is 14.2 Å². The minimum Gasteiger partial charge on any atom is -0.590 e. The van der Waals surface area contributed by atoms with Gasteiger partial charge in [-0.3, -0.25) is 4.98 Å². The molecule has 0 radical (unpaired) electrons. The Morgan fingerprint density at radius 2 is 1.15 bits per heavy atom. The van der Waals surface area contributed by atoms with Gasteiger partial charge in [0.25, 0.3) is 0 Å². The Labute approximate surface area is 377 Å². The average Bonchev–Trinajstić information content (AvgIpc) is 3.98. The van der Waals surface area contributed by atoms with Crippen molar-refractivity contribution in [2.24, 2.45) is 0 Å². The van der Waals surface area contributed by atoms with Crippen molar-refractivity contribution in [1.29, 1.82) is 0 Å². The molecule has 0 aliphatic heterocycles. The van der Waals surface area contributed by atoms with E-state index >= 15 is 0 Å². The third-order valence-corrected chi connectivity index (χ3v) is 13.1. The van der Waals surface area contributed by atoms with Gasteiger partial charge in [0.05, 0.1) is 21.3 Å². The molecule has 0 atom stereocenters. The molecule has 4 nitrogen and oxygen atoms in total. The second kappa shape index (κ2) is 15.8. The number of aromatic nitrogens is 3. The third-order valence-electron chi connectivity index (χ3n) is 12.0. The summed E-state index contributed by atoms with van der Waals surface area (Å²) in [6.45, 7) is 0. The zero-order chi connectivity index (χ0) is 40.3. The molecule has 0 bridgehead atoms. The number of thiophene rings is 1.